The molecule has 0 aliphatic heterocycles. The summed E-state index contributed by atoms with van der Waals surface area (Å²) in [5.74, 6) is -3.89. The molecule has 0 fully saturated rings. The molecule has 0 radical (unpaired) electrons. The highest BCUT2D eigenvalue weighted by Gasteiger charge is 2.29. The summed E-state index contributed by atoms with van der Waals surface area (Å²) in [4.78, 5) is 54.9. The van der Waals surface area contributed by atoms with E-state index in [0.717, 1.165) is 11.6 Å². The van der Waals surface area contributed by atoms with Crippen molar-refractivity contribution in [2.24, 2.45) is 0 Å². The highest BCUT2D eigenvalue weighted by molar-refractivity contribution is 6.38. The lowest BCUT2D eigenvalue weighted by atomic mass is 10.0. The number of carbonyl (C=O) groups excluding carboxylic acids is 4. The number of hydrogen-bond donors (Lipinski definition) is 3. The van der Waals surface area contributed by atoms with Gasteiger partial charge in [-0.3, -0.25) is 24.2 Å². The number of nitrogens with zero attached hydrogens (tertiary/aromatic N) is 1. The Morgan fingerprint density at radius 3 is 2.36 bits per heavy atom. The SMILES string of the molecule is C[C@@H](NC(=O)c1ccc(Cl)c(F)c1)C(=O)N[C@H](Cc1ccccc1)C(=O)C(=O)NCc1ccccn1. The number of rotatable bonds is 10. The Hall–Kier alpha value is -4.11. The fraction of sp³-hybridized carbons (Fsp3) is 0.192. The molecule has 0 saturated heterocycles. The molecule has 0 spiro atoms. The van der Waals surface area contributed by atoms with Gasteiger partial charge in [-0.2, -0.15) is 0 Å². The number of amides is 3. The fourth-order valence-corrected chi connectivity index (χ4v) is 3.38. The minimum atomic E-state index is -1.18. The lowest BCUT2D eigenvalue weighted by molar-refractivity contribution is -0.140. The molecule has 0 saturated carbocycles. The highest BCUT2D eigenvalue weighted by Crippen LogP contribution is 2.15. The summed E-state index contributed by atoms with van der Waals surface area (Å²) in [6.45, 7) is 1.45. The Bertz CT molecular complexity index is 1240. The normalized spacial score (nSPS) is 12.2. The van der Waals surface area contributed by atoms with Gasteiger partial charge in [0.15, 0.2) is 0 Å². The van der Waals surface area contributed by atoms with E-state index < -0.39 is 41.4 Å². The van der Waals surface area contributed by atoms with Crippen LogP contribution in [0.25, 0.3) is 0 Å². The van der Waals surface area contributed by atoms with Gasteiger partial charge in [-0.05, 0) is 42.8 Å². The van der Waals surface area contributed by atoms with Gasteiger partial charge >= 0.3 is 0 Å². The van der Waals surface area contributed by atoms with Crippen molar-refractivity contribution in [3.05, 3.63) is 101 Å². The summed E-state index contributed by atoms with van der Waals surface area (Å²) < 4.78 is 13.7. The lowest BCUT2D eigenvalue weighted by Gasteiger charge is -2.21. The van der Waals surface area contributed by atoms with Crippen LogP contribution in [0.3, 0.4) is 0 Å². The first-order chi connectivity index (χ1) is 17.2. The van der Waals surface area contributed by atoms with Gasteiger partial charge in [0, 0.05) is 18.2 Å². The Morgan fingerprint density at radius 1 is 0.972 bits per heavy atom. The van der Waals surface area contributed by atoms with E-state index in [1.165, 1.54) is 19.1 Å². The van der Waals surface area contributed by atoms with E-state index in [4.69, 9.17) is 11.6 Å². The maximum Gasteiger partial charge on any atom is 0.289 e. The molecule has 0 bridgehead atoms. The zero-order valence-corrected chi connectivity index (χ0v) is 20.1. The van der Waals surface area contributed by atoms with E-state index in [1.54, 1.807) is 54.7 Å². The van der Waals surface area contributed by atoms with Gasteiger partial charge in [0.1, 0.15) is 17.9 Å². The molecular weight excluding hydrogens is 487 g/mol. The predicted molar refractivity (Wildman–Crippen MR) is 132 cm³/mol. The topological polar surface area (TPSA) is 117 Å². The van der Waals surface area contributed by atoms with Gasteiger partial charge in [0.2, 0.25) is 11.7 Å². The summed E-state index contributed by atoms with van der Waals surface area (Å²) in [7, 11) is 0. The molecule has 1 aromatic heterocycles. The standard InChI is InChI=1S/C26H24ClFN4O4/c1-16(31-25(35)18-10-11-20(27)21(28)14-18)24(34)32-22(13-17-7-3-2-4-8-17)23(33)26(36)30-15-19-9-5-6-12-29-19/h2-12,14,16,22H,13,15H2,1H3,(H,30,36)(H,31,35)(H,32,34)/t16-,22-/m1/s1. The van der Waals surface area contributed by atoms with Gasteiger partial charge < -0.3 is 16.0 Å². The zero-order valence-electron chi connectivity index (χ0n) is 19.3. The molecule has 10 heteroatoms. The molecule has 0 aliphatic rings. The molecule has 0 aliphatic carbocycles. The van der Waals surface area contributed by atoms with Crippen molar-refractivity contribution in [1.82, 2.24) is 20.9 Å². The summed E-state index contributed by atoms with van der Waals surface area (Å²) in [5.41, 5.74) is 1.27. The molecule has 3 rings (SSSR count). The van der Waals surface area contributed by atoms with Gasteiger partial charge in [0.25, 0.3) is 11.8 Å². The predicted octanol–water partition coefficient (Wildman–Crippen LogP) is 2.61. The number of benzene rings is 2. The quantitative estimate of drug-likeness (QED) is 0.362. The molecule has 3 aromatic rings. The van der Waals surface area contributed by atoms with Crippen molar-refractivity contribution in [1.29, 1.82) is 0 Å². The summed E-state index contributed by atoms with van der Waals surface area (Å²) in [5, 5.41) is 7.37. The average Bonchev–Trinajstić information content (AvgIpc) is 2.89. The van der Waals surface area contributed by atoms with Crippen molar-refractivity contribution >= 4 is 35.1 Å². The first-order valence-corrected chi connectivity index (χ1v) is 11.4. The Morgan fingerprint density at radius 2 is 1.69 bits per heavy atom. The summed E-state index contributed by atoms with van der Waals surface area (Å²) in [6, 6.07) is 15.3. The highest BCUT2D eigenvalue weighted by atomic mass is 35.5. The first-order valence-electron chi connectivity index (χ1n) is 11.1. The smallest absolute Gasteiger partial charge is 0.289 e. The molecule has 36 heavy (non-hydrogen) atoms. The second-order valence-corrected chi connectivity index (χ2v) is 8.35. The largest absolute Gasteiger partial charge is 0.344 e. The van der Waals surface area contributed by atoms with Crippen molar-refractivity contribution in [3.8, 4) is 0 Å². The molecule has 186 valence electrons. The number of carbonyl (C=O) groups is 4. The van der Waals surface area contributed by atoms with Gasteiger partial charge in [-0.25, -0.2) is 4.39 Å². The Balaban J connectivity index is 1.67. The van der Waals surface area contributed by atoms with Crippen LogP contribution in [-0.2, 0) is 27.3 Å². The molecule has 3 amide bonds. The van der Waals surface area contributed by atoms with Gasteiger partial charge in [-0.15, -0.1) is 0 Å². The van der Waals surface area contributed by atoms with Crippen LogP contribution >= 0.6 is 11.6 Å². The summed E-state index contributed by atoms with van der Waals surface area (Å²) in [6.07, 6.45) is 1.63. The number of halogens is 2. The summed E-state index contributed by atoms with van der Waals surface area (Å²) >= 11 is 5.64. The number of ketones is 1. The monoisotopic (exact) mass is 510 g/mol. The minimum absolute atomic E-state index is 0.0256. The maximum atomic E-state index is 13.7. The van der Waals surface area contributed by atoms with Crippen molar-refractivity contribution < 1.29 is 23.6 Å². The van der Waals surface area contributed by atoms with E-state index in [0.29, 0.717) is 5.69 Å². The third-order valence-electron chi connectivity index (χ3n) is 5.22. The van der Waals surface area contributed by atoms with E-state index in [2.05, 4.69) is 20.9 Å². The van der Waals surface area contributed by atoms with Crippen molar-refractivity contribution in [2.75, 3.05) is 0 Å². The fourth-order valence-electron chi connectivity index (χ4n) is 3.26. The Kier molecular flexibility index (Phi) is 9.24. The van der Waals surface area contributed by atoms with Crippen molar-refractivity contribution in [3.63, 3.8) is 0 Å². The van der Waals surface area contributed by atoms with E-state index >= 15 is 0 Å². The number of aromatic nitrogens is 1. The van der Waals surface area contributed by atoms with Gasteiger partial charge in [-0.1, -0.05) is 48.0 Å². The third kappa shape index (κ3) is 7.44. The second-order valence-electron chi connectivity index (χ2n) is 7.94. The van der Waals surface area contributed by atoms with E-state index in [1.807, 2.05) is 0 Å². The van der Waals surface area contributed by atoms with Crippen LogP contribution < -0.4 is 16.0 Å². The van der Waals surface area contributed by atoms with Gasteiger partial charge in [0.05, 0.1) is 17.3 Å². The number of nitrogens with one attached hydrogen (secondary N) is 3. The molecule has 1 heterocycles. The lowest BCUT2D eigenvalue weighted by Crippen LogP contribution is -2.53. The van der Waals surface area contributed by atoms with E-state index in [-0.39, 0.29) is 23.6 Å². The average molecular weight is 511 g/mol. The van der Waals surface area contributed by atoms with Crippen LogP contribution in [0, 0.1) is 5.82 Å². The molecule has 2 atom stereocenters. The molecule has 3 N–H and O–H groups in total. The van der Waals surface area contributed by atoms with Crippen LogP contribution in [0.1, 0.15) is 28.5 Å². The third-order valence-corrected chi connectivity index (χ3v) is 5.52. The molecule has 0 unspecified atom stereocenters. The van der Waals surface area contributed by atoms with Crippen LogP contribution in [0.5, 0.6) is 0 Å². The van der Waals surface area contributed by atoms with Crippen LogP contribution in [-0.4, -0.2) is 40.6 Å². The van der Waals surface area contributed by atoms with Crippen LogP contribution in [0.15, 0.2) is 72.9 Å². The molecule has 2 aromatic carbocycles. The first kappa shape index (κ1) is 26.5. The number of hydrogen-bond acceptors (Lipinski definition) is 5. The second kappa shape index (κ2) is 12.6. The maximum absolute atomic E-state index is 13.7. The van der Waals surface area contributed by atoms with Crippen LogP contribution in [0.4, 0.5) is 4.39 Å². The number of Topliss-reactive ketones (excluding diaryl/α,β-unsaturated/α-hetero) is 1. The van der Waals surface area contributed by atoms with Crippen molar-refractivity contribution in [2.45, 2.75) is 32.0 Å². The zero-order chi connectivity index (χ0) is 26.1. The number of pyridine rings is 1. The Labute approximate surface area is 212 Å². The minimum Gasteiger partial charge on any atom is -0.344 e. The van der Waals surface area contributed by atoms with Crippen LogP contribution in [0.2, 0.25) is 5.02 Å². The molecular formula is C26H24ClFN4O4. The van der Waals surface area contributed by atoms with E-state index in [9.17, 15) is 23.6 Å². The molecule has 8 nitrogen and oxygen atoms in total.